The van der Waals surface area contributed by atoms with Crippen LogP contribution in [0.25, 0.3) is 0 Å². The average Bonchev–Trinajstić information content (AvgIpc) is 2.78. The van der Waals surface area contributed by atoms with Crippen molar-refractivity contribution >= 4 is 23.2 Å². The molecule has 28 heavy (non-hydrogen) atoms. The molecule has 0 aliphatic carbocycles. The van der Waals surface area contributed by atoms with Crippen molar-refractivity contribution in [2.24, 2.45) is 0 Å². The zero-order valence-corrected chi connectivity index (χ0v) is 15.7. The first-order valence-corrected chi connectivity index (χ1v) is 9.05. The highest BCUT2D eigenvalue weighted by molar-refractivity contribution is 6.10. The number of nitrogens with one attached hydrogen (secondary N) is 1. The molecule has 0 fully saturated rings. The van der Waals surface area contributed by atoms with Crippen LogP contribution in [0.3, 0.4) is 0 Å². The van der Waals surface area contributed by atoms with Gasteiger partial charge in [-0.1, -0.05) is 42.0 Å². The van der Waals surface area contributed by atoms with Gasteiger partial charge in [-0.25, -0.2) is 0 Å². The van der Waals surface area contributed by atoms with Gasteiger partial charge in [0, 0.05) is 12.7 Å². The lowest BCUT2D eigenvalue weighted by molar-refractivity contribution is -0.115. The van der Waals surface area contributed by atoms with Crippen LogP contribution in [0.5, 0.6) is 11.5 Å². The molecular formula is C23H20N2O3. The Morgan fingerprint density at radius 1 is 1.00 bits per heavy atom. The van der Waals surface area contributed by atoms with E-state index in [2.05, 4.69) is 5.32 Å². The van der Waals surface area contributed by atoms with Crippen LogP contribution in [0.4, 0.5) is 11.4 Å². The number of ether oxygens (including phenoxy) is 1. The summed E-state index contributed by atoms with van der Waals surface area (Å²) in [4.78, 5) is 26.9. The van der Waals surface area contributed by atoms with E-state index in [4.69, 9.17) is 4.74 Å². The van der Waals surface area contributed by atoms with E-state index < -0.39 is 0 Å². The van der Waals surface area contributed by atoms with E-state index in [0.717, 1.165) is 11.1 Å². The van der Waals surface area contributed by atoms with E-state index in [0.29, 0.717) is 28.4 Å². The van der Waals surface area contributed by atoms with Crippen LogP contribution in [0, 0.1) is 6.92 Å². The third-order valence-electron chi connectivity index (χ3n) is 4.69. The molecule has 1 aliphatic rings. The fourth-order valence-corrected chi connectivity index (χ4v) is 3.31. The molecule has 0 aromatic heterocycles. The number of benzene rings is 3. The minimum absolute atomic E-state index is 0.135. The van der Waals surface area contributed by atoms with Crippen molar-refractivity contribution in [3.05, 3.63) is 83.4 Å². The van der Waals surface area contributed by atoms with E-state index in [9.17, 15) is 9.59 Å². The lowest BCUT2D eigenvalue weighted by Crippen LogP contribution is -2.25. The minimum Gasteiger partial charge on any atom is -0.454 e. The van der Waals surface area contributed by atoms with Crippen molar-refractivity contribution in [3.63, 3.8) is 0 Å². The van der Waals surface area contributed by atoms with Gasteiger partial charge in [0.05, 0.1) is 17.7 Å². The summed E-state index contributed by atoms with van der Waals surface area (Å²) in [5.74, 6) is 0.769. The fourth-order valence-electron chi connectivity index (χ4n) is 3.31. The molecule has 5 heteroatoms. The molecule has 4 rings (SSSR count). The normalized spacial score (nSPS) is 12.5. The van der Waals surface area contributed by atoms with Gasteiger partial charge in [0.2, 0.25) is 5.91 Å². The molecule has 0 saturated carbocycles. The van der Waals surface area contributed by atoms with E-state index >= 15 is 0 Å². The molecule has 3 aromatic rings. The molecular weight excluding hydrogens is 352 g/mol. The number of anilines is 2. The monoisotopic (exact) mass is 372 g/mol. The van der Waals surface area contributed by atoms with Crippen LogP contribution in [0.2, 0.25) is 0 Å². The van der Waals surface area contributed by atoms with Crippen LogP contribution in [0.1, 0.15) is 21.5 Å². The van der Waals surface area contributed by atoms with Crippen LogP contribution >= 0.6 is 0 Å². The van der Waals surface area contributed by atoms with Gasteiger partial charge in [-0.3, -0.25) is 9.59 Å². The molecule has 1 N–H and O–H groups in total. The molecule has 1 heterocycles. The Bertz CT molecular complexity index is 1070. The Morgan fingerprint density at radius 2 is 1.82 bits per heavy atom. The zero-order chi connectivity index (χ0) is 19.7. The number of fused-ring (bicyclic) bond motifs is 2. The SMILES string of the molecule is Cc1cccc(CC(=O)Nc2ccc3c(c2)C(=O)N(C)c2ccccc2O3)c1. The molecule has 2 amide bonds. The number of carbonyl (C=O) groups is 2. The molecule has 0 radical (unpaired) electrons. The summed E-state index contributed by atoms with van der Waals surface area (Å²) < 4.78 is 5.94. The van der Waals surface area contributed by atoms with Crippen LogP contribution in [-0.4, -0.2) is 18.9 Å². The third kappa shape index (κ3) is 3.47. The smallest absolute Gasteiger partial charge is 0.261 e. The largest absolute Gasteiger partial charge is 0.454 e. The Hall–Kier alpha value is -3.60. The second kappa shape index (κ2) is 7.19. The first kappa shape index (κ1) is 17.8. The predicted octanol–water partition coefficient (Wildman–Crippen LogP) is 4.56. The van der Waals surface area contributed by atoms with Crippen molar-refractivity contribution in [1.29, 1.82) is 0 Å². The summed E-state index contributed by atoms with van der Waals surface area (Å²) in [5.41, 5.74) is 3.73. The van der Waals surface area contributed by atoms with Gasteiger partial charge < -0.3 is 15.0 Å². The van der Waals surface area contributed by atoms with Crippen molar-refractivity contribution < 1.29 is 14.3 Å². The Morgan fingerprint density at radius 3 is 2.64 bits per heavy atom. The number of hydrogen-bond acceptors (Lipinski definition) is 3. The molecule has 0 spiro atoms. The summed E-state index contributed by atoms with van der Waals surface area (Å²) in [6, 6.07) is 20.3. The number of amides is 2. The predicted molar refractivity (Wildman–Crippen MR) is 109 cm³/mol. The maximum Gasteiger partial charge on any atom is 0.261 e. The van der Waals surface area contributed by atoms with Crippen LogP contribution < -0.4 is 15.0 Å². The van der Waals surface area contributed by atoms with E-state index in [-0.39, 0.29) is 18.2 Å². The topological polar surface area (TPSA) is 58.6 Å². The van der Waals surface area contributed by atoms with Gasteiger partial charge in [-0.2, -0.15) is 0 Å². The molecule has 3 aromatic carbocycles. The van der Waals surface area contributed by atoms with Gasteiger partial charge in [0.1, 0.15) is 5.75 Å². The maximum atomic E-state index is 12.9. The number of carbonyl (C=O) groups excluding carboxylic acids is 2. The van der Waals surface area contributed by atoms with E-state index in [1.54, 1.807) is 30.1 Å². The fraction of sp³-hybridized carbons (Fsp3) is 0.130. The number of aryl methyl sites for hydroxylation is 1. The van der Waals surface area contributed by atoms with E-state index in [1.165, 1.54) is 0 Å². The lowest BCUT2D eigenvalue weighted by atomic mass is 10.1. The first-order chi connectivity index (χ1) is 13.5. The molecule has 0 bridgehead atoms. The number of hydrogen-bond donors (Lipinski definition) is 1. The molecule has 1 aliphatic heterocycles. The summed E-state index contributed by atoms with van der Waals surface area (Å²) in [7, 11) is 1.71. The summed E-state index contributed by atoms with van der Waals surface area (Å²) in [6.45, 7) is 1.99. The average molecular weight is 372 g/mol. The quantitative estimate of drug-likeness (QED) is 0.733. The molecule has 140 valence electrons. The van der Waals surface area contributed by atoms with Crippen molar-refractivity contribution in [3.8, 4) is 11.5 Å². The van der Waals surface area contributed by atoms with E-state index in [1.807, 2.05) is 55.5 Å². The highest BCUT2D eigenvalue weighted by atomic mass is 16.5. The Labute approximate surface area is 163 Å². The first-order valence-electron chi connectivity index (χ1n) is 9.05. The van der Waals surface area contributed by atoms with Crippen LogP contribution in [0.15, 0.2) is 66.7 Å². The summed E-state index contributed by atoms with van der Waals surface area (Å²) in [5, 5.41) is 2.87. The number of nitrogens with zero attached hydrogens (tertiary/aromatic N) is 1. The Kier molecular flexibility index (Phi) is 4.57. The summed E-state index contributed by atoms with van der Waals surface area (Å²) >= 11 is 0. The zero-order valence-electron chi connectivity index (χ0n) is 15.7. The minimum atomic E-state index is -0.185. The Balaban J connectivity index is 1.57. The van der Waals surface area contributed by atoms with Gasteiger partial charge in [-0.05, 0) is 42.8 Å². The highest BCUT2D eigenvalue weighted by Crippen LogP contribution is 2.38. The van der Waals surface area contributed by atoms with Crippen molar-refractivity contribution in [2.75, 3.05) is 17.3 Å². The highest BCUT2D eigenvalue weighted by Gasteiger charge is 2.25. The number of rotatable bonds is 3. The molecule has 0 atom stereocenters. The third-order valence-corrected chi connectivity index (χ3v) is 4.69. The molecule has 0 unspecified atom stereocenters. The lowest BCUT2D eigenvalue weighted by Gasteiger charge is -2.16. The maximum absolute atomic E-state index is 12.9. The summed E-state index contributed by atoms with van der Waals surface area (Å²) in [6.07, 6.45) is 0.272. The number of para-hydroxylation sites is 2. The van der Waals surface area contributed by atoms with Crippen molar-refractivity contribution in [1.82, 2.24) is 0 Å². The second-order valence-corrected chi connectivity index (χ2v) is 6.86. The second-order valence-electron chi connectivity index (χ2n) is 6.86. The van der Waals surface area contributed by atoms with Gasteiger partial charge >= 0.3 is 0 Å². The van der Waals surface area contributed by atoms with Gasteiger partial charge in [0.15, 0.2) is 5.75 Å². The van der Waals surface area contributed by atoms with Gasteiger partial charge in [-0.15, -0.1) is 0 Å². The standard InChI is InChI=1S/C23H20N2O3/c1-15-6-5-7-16(12-15)13-22(26)24-17-10-11-20-18(14-17)23(27)25(2)19-8-3-4-9-21(19)28-20/h3-12,14H,13H2,1-2H3,(H,24,26). The van der Waals surface area contributed by atoms with Gasteiger partial charge in [0.25, 0.3) is 5.91 Å². The van der Waals surface area contributed by atoms with Crippen molar-refractivity contribution in [2.45, 2.75) is 13.3 Å². The molecule has 0 saturated heterocycles. The van der Waals surface area contributed by atoms with Crippen LogP contribution in [-0.2, 0) is 11.2 Å². The molecule has 5 nitrogen and oxygen atoms in total.